The Hall–Kier alpha value is -1.79. The van der Waals surface area contributed by atoms with E-state index in [1.807, 2.05) is 0 Å². The van der Waals surface area contributed by atoms with Gasteiger partial charge in [-0.05, 0) is 20.3 Å². The smallest absolute Gasteiger partial charge is 0.434 e. The predicted molar refractivity (Wildman–Crippen MR) is 60.6 cm³/mol. The number of Topliss-reactive ketones (excluding diaryl/α,β-unsaturated/α-hetero) is 1. The highest BCUT2D eigenvalue weighted by atomic mass is 16.7. The van der Waals surface area contributed by atoms with Crippen molar-refractivity contribution in [3.05, 3.63) is 0 Å². The number of hydrogen-bond donors (Lipinski definition) is 0. The first-order chi connectivity index (χ1) is 8.64. The number of ether oxygens (including phenoxy) is 3. The molecule has 100 valence electrons. The molecule has 1 heterocycles. The molecule has 0 N–H and O–H groups in total. The highest BCUT2D eigenvalue weighted by Gasteiger charge is 2.57. The zero-order valence-electron chi connectivity index (χ0n) is 10.5. The summed E-state index contributed by atoms with van der Waals surface area (Å²) in [5.41, 5.74) is -1.35. The van der Waals surface area contributed by atoms with Crippen molar-refractivity contribution in [2.45, 2.75) is 38.8 Å². The molecule has 7 heteroatoms. The maximum Gasteiger partial charge on any atom is 0.434 e. The Morgan fingerprint density at radius 2 is 2.28 bits per heavy atom. The zero-order valence-corrected chi connectivity index (χ0v) is 10.5. The summed E-state index contributed by atoms with van der Waals surface area (Å²) in [5.74, 6) is -0.172. The Morgan fingerprint density at radius 1 is 1.50 bits per heavy atom. The Labute approximate surface area is 105 Å². The summed E-state index contributed by atoms with van der Waals surface area (Å²) in [6, 6.07) is 0. The van der Waals surface area contributed by atoms with Crippen LogP contribution in [-0.4, -0.2) is 41.9 Å². The Balaban J connectivity index is 2.24. The summed E-state index contributed by atoms with van der Waals surface area (Å²) in [4.78, 5) is 23.8. The number of carbonyl (C=O) groups is 2. The molecule has 1 aliphatic carbocycles. The summed E-state index contributed by atoms with van der Waals surface area (Å²) in [7, 11) is 0. The van der Waals surface area contributed by atoms with Crippen LogP contribution >= 0.6 is 0 Å². The minimum Gasteiger partial charge on any atom is -0.450 e. The molecule has 0 aromatic rings. The first-order valence-electron chi connectivity index (χ1n) is 6.04. The van der Waals surface area contributed by atoms with Crippen LogP contribution < -0.4 is 0 Å². The lowest BCUT2D eigenvalue weighted by Gasteiger charge is -2.27. The second-order valence-electron chi connectivity index (χ2n) is 3.97. The van der Waals surface area contributed by atoms with E-state index in [-0.39, 0.29) is 18.5 Å². The van der Waals surface area contributed by atoms with Crippen LogP contribution in [0.1, 0.15) is 33.1 Å². The van der Waals surface area contributed by atoms with Gasteiger partial charge in [-0.1, -0.05) is 5.10 Å². The van der Waals surface area contributed by atoms with E-state index in [0.717, 1.165) is 5.01 Å². The molecule has 1 spiro atoms. The van der Waals surface area contributed by atoms with Crippen molar-refractivity contribution < 1.29 is 23.8 Å². The minimum atomic E-state index is -1.35. The third-order valence-electron chi connectivity index (χ3n) is 2.84. The van der Waals surface area contributed by atoms with E-state index in [1.165, 1.54) is 0 Å². The molecule has 18 heavy (non-hydrogen) atoms. The van der Waals surface area contributed by atoms with Gasteiger partial charge in [-0.2, -0.15) is 0 Å². The topological polar surface area (TPSA) is 77.4 Å². The molecule has 0 bridgehead atoms. The van der Waals surface area contributed by atoms with Gasteiger partial charge in [0.15, 0.2) is 5.78 Å². The number of carbonyl (C=O) groups excluding carboxylic acids is 2. The fourth-order valence-corrected chi connectivity index (χ4v) is 2.08. The van der Waals surface area contributed by atoms with E-state index in [1.54, 1.807) is 13.8 Å². The maximum absolute atomic E-state index is 12.0. The molecule has 0 aromatic carbocycles. The molecular weight excluding hydrogens is 240 g/mol. The van der Waals surface area contributed by atoms with Crippen molar-refractivity contribution in [1.29, 1.82) is 0 Å². The summed E-state index contributed by atoms with van der Waals surface area (Å²) in [6.45, 7) is 4.01. The molecule has 1 saturated carbocycles. The monoisotopic (exact) mass is 256 g/mol. The second-order valence-corrected chi connectivity index (χ2v) is 3.97. The second kappa shape index (κ2) is 4.83. The van der Waals surface area contributed by atoms with Crippen LogP contribution in [0.25, 0.3) is 0 Å². The summed E-state index contributed by atoms with van der Waals surface area (Å²) >= 11 is 0. The number of ketones is 1. The van der Waals surface area contributed by atoms with Crippen molar-refractivity contribution in [1.82, 2.24) is 5.01 Å². The van der Waals surface area contributed by atoms with Gasteiger partial charge < -0.3 is 14.2 Å². The average molecular weight is 256 g/mol. The van der Waals surface area contributed by atoms with Gasteiger partial charge in [-0.3, -0.25) is 4.79 Å². The molecule has 0 radical (unpaired) electrons. The number of nitrogens with zero attached hydrogens (tertiary/aromatic N) is 2. The zero-order chi connectivity index (χ0) is 13.2. The molecule has 1 amide bonds. The van der Waals surface area contributed by atoms with Gasteiger partial charge in [-0.25, -0.2) is 4.79 Å². The van der Waals surface area contributed by atoms with E-state index in [2.05, 4.69) is 5.10 Å². The molecule has 7 nitrogen and oxygen atoms in total. The highest BCUT2D eigenvalue weighted by Crippen LogP contribution is 2.38. The van der Waals surface area contributed by atoms with Gasteiger partial charge in [0.1, 0.15) is 0 Å². The van der Waals surface area contributed by atoms with Crippen molar-refractivity contribution in [3.8, 4) is 0 Å². The van der Waals surface area contributed by atoms with Crippen molar-refractivity contribution >= 4 is 18.0 Å². The third-order valence-corrected chi connectivity index (χ3v) is 2.84. The Kier molecular flexibility index (Phi) is 3.40. The van der Waals surface area contributed by atoms with Crippen LogP contribution in [0.2, 0.25) is 0 Å². The first-order valence-corrected chi connectivity index (χ1v) is 6.04. The molecule has 1 atom stereocenters. The van der Waals surface area contributed by atoms with Crippen LogP contribution in [0.15, 0.2) is 5.10 Å². The molecule has 2 aliphatic rings. The largest absolute Gasteiger partial charge is 0.450 e. The maximum atomic E-state index is 12.0. The lowest BCUT2D eigenvalue weighted by molar-refractivity contribution is -0.144. The fourth-order valence-electron chi connectivity index (χ4n) is 2.08. The molecular formula is C11H16N2O5. The number of rotatable bonds is 2. The SMILES string of the molecule is CCOC(=O)N1N=C(OCC)OC12CCCC2=O. The van der Waals surface area contributed by atoms with Gasteiger partial charge in [0.25, 0.3) is 5.72 Å². The molecule has 1 unspecified atom stereocenters. The summed E-state index contributed by atoms with van der Waals surface area (Å²) < 4.78 is 15.4. The fraction of sp³-hybridized carbons (Fsp3) is 0.727. The van der Waals surface area contributed by atoms with E-state index in [4.69, 9.17) is 14.2 Å². The van der Waals surface area contributed by atoms with Crippen LogP contribution in [-0.2, 0) is 19.0 Å². The van der Waals surface area contributed by atoms with Crippen LogP contribution in [0.5, 0.6) is 0 Å². The molecule has 0 aromatic heterocycles. The van der Waals surface area contributed by atoms with E-state index in [9.17, 15) is 9.59 Å². The van der Waals surface area contributed by atoms with Crippen LogP contribution in [0.3, 0.4) is 0 Å². The van der Waals surface area contributed by atoms with E-state index >= 15 is 0 Å². The third kappa shape index (κ3) is 1.89. The predicted octanol–water partition coefficient (Wildman–Crippen LogP) is 1.23. The normalized spacial score (nSPS) is 26.2. The summed E-state index contributed by atoms with van der Waals surface area (Å²) in [5, 5.41) is 4.86. The van der Waals surface area contributed by atoms with Gasteiger partial charge in [-0.15, -0.1) is 5.01 Å². The van der Waals surface area contributed by atoms with E-state index < -0.39 is 11.8 Å². The standard InChI is InChI=1S/C11H16N2O5/c1-3-16-9-12-13(10(15)17-4-2)11(18-9)7-5-6-8(11)14/h3-7H2,1-2H3. The van der Waals surface area contributed by atoms with E-state index in [0.29, 0.717) is 25.9 Å². The Bertz CT molecular complexity index is 395. The van der Waals surface area contributed by atoms with Gasteiger partial charge in [0, 0.05) is 12.8 Å². The molecule has 2 rings (SSSR count). The first kappa shape index (κ1) is 12.7. The number of hydrogen-bond acceptors (Lipinski definition) is 6. The quantitative estimate of drug-likeness (QED) is 0.742. The lowest BCUT2D eigenvalue weighted by Crippen LogP contribution is -2.50. The lowest BCUT2D eigenvalue weighted by atomic mass is 10.1. The molecule has 1 aliphatic heterocycles. The average Bonchev–Trinajstić information content (AvgIpc) is 2.86. The van der Waals surface area contributed by atoms with Gasteiger partial charge in [0.2, 0.25) is 0 Å². The highest BCUT2D eigenvalue weighted by molar-refractivity contribution is 5.95. The number of hydrazone groups is 1. The minimum absolute atomic E-state index is 0.0548. The van der Waals surface area contributed by atoms with Crippen LogP contribution in [0, 0.1) is 0 Å². The van der Waals surface area contributed by atoms with Crippen LogP contribution in [0.4, 0.5) is 4.79 Å². The number of amides is 1. The Morgan fingerprint density at radius 3 is 2.83 bits per heavy atom. The van der Waals surface area contributed by atoms with Crippen molar-refractivity contribution in [2.75, 3.05) is 13.2 Å². The van der Waals surface area contributed by atoms with Crippen molar-refractivity contribution in [2.24, 2.45) is 5.10 Å². The van der Waals surface area contributed by atoms with Crippen molar-refractivity contribution in [3.63, 3.8) is 0 Å². The molecule has 0 saturated heterocycles. The summed E-state index contributed by atoms with van der Waals surface area (Å²) in [6.07, 6.45) is 0.683. The van der Waals surface area contributed by atoms with Gasteiger partial charge >= 0.3 is 12.2 Å². The molecule has 1 fully saturated rings. The van der Waals surface area contributed by atoms with Gasteiger partial charge in [0.05, 0.1) is 13.2 Å².